The van der Waals surface area contributed by atoms with E-state index in [1.807, 2.05) is 42.5 Å². The van der Waals surface area contributed by atoms with Crippen LogP contribution in [0.3, 0.4) is 0 Å². The first kappa shape index (κ1) is 20.2. The first-order chi connectivity index (χ1) is 12.5. The van der Waals surface area contributed by atoms with E-state index in [1.165, 1.54) is 0 Å². The molecule has 0 aliphatic carbocycles. The average Bonchev–Trinajstić information content (AvgIpc) is 2.65. The van der Waals surface area contributed by atoms with E-state index in [4.69, 9.17) is 9.47 Å². The molecule has 0 bridgehead atoms. The maximum absolute atomic E-state index is 12.9. The van der Waals surface area contributed by atoms with Crippen LogP contribution in [0.4, 0.5) is 0 Å². The smallest absolute Gasteiger partial charge is 0.252 e. The molecule has 1 atom stereocenters. The lowest BCUT2D eigenvalue weighted by Gasteiger charge is -2.20. The van der Waals surface area contributed by atoms with Crippen molar-refractivity contribution in [3.8, 4) is 11.5 Å². The summed E-state index contributed by atoms with van der Waals surface area (Å²) in [6.07, 6.45) is 0.778. The minimum absolute atomic E-state index is 0.0598. The fourth-order valence-corrected chi connectivity index (χ4v) is 3.69. The summed E-state index contributed by atoms with van der Waals surface area (Å²) in [5, 5.41) is 3.57. The summed E-state index contributed by atoms with van der Waals surface area (Å²) < 4.78 is 10.7. The van der Waals surface area contributed by atoms with Crippen LogP contribution in [-0.2, 0) is 0 Å². The summed E-state index contributed by atoms with van der Waals surface area (Å²) in [6, 6.07) is 13.4. The quantitative estimate of drug-likeness (QED) is 0.655. The minimum Gasteiger partial charge on any atom is -0.493 e. The Bertz CT molecular complexity index is 746. The second-order valence-electron chi connectivity index (χ2n) is 6.21. The van der Waals surface area contributed by atoms with Gasteiger partial charge in [0, 0.05) is 10.1 Å². The van der Waals surface area contributed by atoms with Crippen molar-refractivity contribution in [2.45, 2.75) is 43.4 Å². The number of hydrogen-bond acceptors (Lipinski definition) is 4. The molecule has 1 N–H and O–H groups in total. The molecule has 2 rings (SSSR count). The lowest BCUT2D eigenvalue weighted by atomic mass is 10.0. The molecule has 0 saturated carbocycles. The molecule has 0 spiro atoms. The van der Waals surface area contributed by atoms with Gasteiger partial charge in [-0.25, -0.2) is 0 Å². The SMILES string of the molecule is CC[C@H](NC(=O)c1ccccc1SC(C)C)c1ccc(OC)c(OC)c1. The standard InChI is InChI=1S/C21H27NO3S/c1-6-17(15-11-12-18(24-4)19(13-15)25-5)22-21(23)16-9-7-8-10-20(16)26-14(2)3/h7-14,17H,6H2,1-5H3,(H,22,23)/t17-/m0/s1. The Labute approximate surface area is 160 Å². The highest BCUT2D eigenvalue weighted by Gasteiger charge is 2.18. The molecule has 2 aromatic carbocycles. The summed E-state index contributed by atoms with van der Waals surface area (Å²) in [4.78, 5) is 13.9. The first-order valence-electron chi connectivity index (χ1n) is 8.78. The summed E-state index contributed by atoms with van der Waals surface area (Å²) >= 11 is 1.70. The van der Waals surface area contributed by atoms with Gasteiger partial charge in [-0.1, -0.05) is 39.0 Å². The molecule has 2 aromatic rings. The van der Waals surface area contributed by atoms with Crippen molar-refractivity contribution in [2.24, 2.45) is 0 Å². The largest absolute Gasteiger partial charge is 0.493 e. The number of rotatable bonds is 8. The van der Waals surface area contributed by atoms with Crippen molar-refractivity contribution in [2.75, 3.05) is 14.2 Å². The van der Waals surface area contributed by atoms with Crippen LogP contribution in [-0.4, -0.2) is 25.4 Å². The summed E-state index contributed by atoms with van der Waals surface area (Å²) in [6.45, 7) is 6.30. The van der Waals surface area contributed by atoms with Crippen molar-refractivity contribution in [1.82, 2.24) is 5.32 Å². The third kappa shape index (κ3) is 4.94. The van der Waals surface area contributed by atoms with Crippen molar-refractivity contribution in [3.05, 3.63) is 53.6 Å². The van der Waals surface area contributed by atoms with E-state index in [2.05, 4.69) is 26.1 Å². The number of methoxy groups -OCH3 is 2. The molecule has 1 amide bonds. The van der Waals surface area contributed by atoms with Crippen LogP contribution in [0.2, 0.25) is 0 Å². The zero-order chi connectivity index (χ0) is 19.1. The normalized spacial score (nSPS) is 11.9. The van der Waals surface area contributed by atoms with E-state index in [1.54, 1.807) is 26.0 Å². The molecule has 5 heteroatoms. The van der Waals surface area contributed by atoms with Gasteiger partial charge in [0.05, 0.1) is 25.8 Å². The summed E-state index contributed by atoms with van der Waals surface area (Å²) in [5.41, 5.74) is 1.71. The highest BCUT2D eigenvalue weighted by Crippen LogP contribution is 2.31. The maximum atomic E-state index is 12.9. The Morgan fingerprint density at radius 3 is 2.38 bits per heavy atom. The fraction of sp³-hybridized carbons (Fsp3) is 0.381. The molecule has 0 aliphatic heterocycles. The van der Waals surface area contributed by atoms with Gasteiger partial charge < -0.3 is 14.8 Å². The van der Waals surface area contributed by atoms with Crippen LogP contribution in [0.25, 0.3) is 0 Å². The molecular weight excluding hydrogens is 346 g/mol. The highest BCUT2D eigenvalue weighted by atomic mass is 32.2. The van der Waals surface area contributed by atoms with E-state index >= 15 is 0 Å². The average molecular weight is 374 g/mol. The van der Waals surface area contributed by atoms with E-state index in [0.29, 0.717) is 22.3 Å². The number of benzene rings is 2. The maximum Gasteiger partial charge on any atom is 0.252 e. The molecule has 140 valence electrons. The minimum atomic E-state index is -0.0978. The number of hydrogen-bond donors (Lipinski definition) is 1. The Kier molecular flexibility index (Phi) is 7.39. The van der Waals surface area contributed by atoms with E-state index in [0.717, 1.165) is 16.9 Å². The number of ether oxygens (including phenoxy) is 2. The van der Waals surface area contributed by atoms with E-state index in [9.17, 15) is 4.79 Å². The predicted octanol–water partition coefficient (Wildman–Crippen LogP) is 5.09. The topological polar surface area (TPSA) is 47.6 Å². The number of carbonyl (C=O) groups is 1. The van der Waals surface area contributed by atoms with Crippen molar-refractivity contribution in [1.29, 1.82) is 0 Å². The molecule has 0 aliphatic rings. The first-order valence-corrected chi connectivity index (χ1v) is 9.66. The van der Waals surface area contributed by atoms with Crippen LogP contribution in [0.5, 0.6) is 11.5 Å². The number of thioether (sulfide) groups is 1. The Morgan fingerprint density at radius 2 is 1.77 bits per heavy atom. The zero-order valence-electron chi connectivity index (χ0n) is 16.0. The van der Waals surface area contributed by atoms with Crippen LogP contribution < -0.4 is 14.8 Å². The fourth-order valence-electron chi connectivity index (χ4n) is 2.74. The van der Waals surface area contributed by atoms with Gasteiger partial charge in [-0.05, 0) is 36.2 Å². The van der Waals surface area contributed by atoms with Gasteiger partial charge in [-0.2, -0.15) is 0 Å². The van der Waals surface area contributed by atoms with Crippen LogP contribution in [0, 0.1) is 0 Å². The molecule has 0 aromatic heterocycles. The van der Waals surface area contributed by atoms with Crippen LogP contribution in [0.15, 0.2) is 47.4 Å². The molecule has 0 radical (unpaired) electrons. The van der Waals surface area contributed by atoms with Crippen molar-refractivity contribution >= 4 is 17.7 Å². The number of nitrogens with one attached hydrogen (secondary N) is 1. The van der Waals surface area contributed by atoms with Gasteiger partial charge in [0.25, 0.3) is 5.91 Å². The number of carbonyl (C=O) groups excluding carboxylic acids is 1. The molecule has 4 nitrogen and oxygen atoms in total. The second kappa shape index (κ2) is 9.53. The van der Waals surface area contributed by atoms with Gasteiger partial charge in [-0.3, -0.25) is 4.79 Å². The monoisotopic (exact) mass is 373 g/mol. The van der Waals surface area contributed by atoms with Crippen molar-refractivity contribution in [3.63, 3.8) is 0 Å². The van der Waals surface area contributed by atoms with E-state index in [-0.39, 0.29) is 11.9 Å². The Hall–Kier alpha value is -2.14. The van der Waals surface area contributed by atoms with Crippen LogP contribution in [0.1, 0.15) is 49.2 Å². The molecule has 0 unspecified atom stereocenters. The number of amides is 1. The lowest BCUT2D eigenvalue weighted by molar-refractivity contribution is 0.0932. The van der Waals surface area contributed by atoms with Crippen LogP contribution >= 0.6 is 11.8 Å². The van der Waals surface area contributed by atoms with Crippen molar-refractivity contribution < 1.29 is 14.3 Å². The molecule has 26 heavy (non-hydrogen) atoms. The molecule has 0 heterocycles. The third-order valence-corrected chi connectivity index (χ3v) is 5.10. The molecule has 0 saturated heterocycles. The van der Waals surface area contributed by atoms with Gasteiger partial charge >= 0.3 is 0 Å². The second-order valence-corrected chi connectivity index (χ2v) is 7.83. The molecule has 0 fully saturated rings. The van der Waals surface area contributed by atoms with Gasteiger partial charge in [0.2, 0.25) is 0 Å². The lowest BCUT2D eigenvalue weighted by Crippen LogP contribution is -2.28. The predicted molar refractivity (Wildman–Crippen MR) is 107 cm³/mol. The highest BCUT2D eigenvalue weighted by molar-refractivity contribution is 8.00. The zero-order valence-corrected chi connectivity index (χ0v) is 16.9. The summed E-state index contributed by atoms with van der Waals surface area (Å²) in [5.74, 6) is 1.28. The third-order valence-electron chi connectivity index (χ3n) is 4.02. The van der Waals surface area contributed by atoms with Gasteiger partial charge in [-0.15, -0.1) is 11.8 Å². The molecular formula is C21H27NO3S. The Morgan fingerprint density at radius 1 is 1.08 bits per heavy atom. The van der Waals surface area contributed by atoms with Gasteiger partial charge in [0.15, 0.2) is 11.5 Å². The Balaban J connectivity index is 2.24. The summed E-state index contributed by atoms with van der Waals surface area (Å²) in [7, 11) is 3.22. The van der Waals surface area contributed by atoms with Gasteiger partial charge in [0.1, 0.15) is 0 Å². The van der Waals surface area contributed by atoms with E-state index < -0.39 is 0 Å².